The lowest BCUT2D eigenvalue weighted by Gasteiger charge is -2.05. The molecule has 88 valence electrons. The van der Waals surface area contributed by atoms with Crippen LogP contribution in [0.25, 0.3) is 0 Å². The minimum atomic E-state index is 1.50. The molecule has 0 aromatic rings. The summed E-state index contributed by atoms with van der Waals surface area (Å²) in [5, 5.41) is 0. The Hall–Kier alpha value is -0.0800. The van der Waals surface area contributed by atoms with Crippen LogP contribution in [-0.2, 0) is 0 Å². The Labute approximate surface area is 91.3 Å². The molecule has 0 radical (unpaired) electrons. The van der Waals surface area contributed by atoms with E-state index < -0.39 is 0 Å². The van der Waals surface area contributed by atoms with Crippen molar-refractivity contribution in [2.45, 2.75) is 38.5 Å². The third-order valence-corrected chi connectivity index (χ3v) is 1.50. The van der Waals surface area contributed by atoms with Crippen LogP contribution < -0.4 is 0 Å². The van der Waals surface area contributed by atoms with Gasteiger partial charge in [0, 0.05) is 0 Å². The van der Waals surface area contributed by atoms with Crippen molar-refractivity contribution >= 4 is 0 Å². The summed E-state index contributed by atoms with van der Waals surface area (Å²) in [5.74, 6) is 0. The molecule has 0 heterocycles. The molecule has 2 nitrogen and oxygen atoms in total. The van der Waals surface area contributed by atoms with Gasteiger partial charge in [-0.25, -0.2) is 0 Å². The molecule has 0 unspecified atom stereocenters. The molecule has 0 amide bonds. The topological polar surface area (TPSA) is 6.48 Å². The van der Waals surface area contributed by atoms with Gasteiger partial charge >= 0.3 is 0 Å². The van der Waals surface area contributed by atoms with E-state index in [9.17, 15) is 0 Å². The predicted octanol–water partition coefficient (Wildman–Crippen LogP) is 2.70. The molecule has 0 saturated heterocycles. The molecule has 1 aliphatic rings. The maximum Gasteiger partial charge on any atom is -0.0140 e. The summed E-state index contributed by atoms with van der Waals surface area (Å²) in [6.45, 7) is 0. The number of hydrogen-bond donors (Lipinski definition) is 0. The Bertz CT molecular complexity index is 63.3. The highest BCUT2D eigenvalue weighted by atomic mass is 15.0. The van der Waals surface area contributed by atoms with Gasteiger partial charge in [-0.2, -0.15) is 0 Å². The van der Waals surface area contributed by atoms with Crippen LogP contribution in [-0.4, -0.2) is 52.1 Å². The largest absolute Gasteiger partial charge is 0.312 e. The van der Waals surface area contributed by atoms with Crippen LogP contribution >= 0.6 is 0 Å². The van der Waals surface area contributed by atoms with Crippen LogP contribution in [0.3, 0.4) is 0 Å². The lowest BCUT2D eigenvalue weighted by Crippen LogP contribution is -1.99. The van der Waals surface area contributed by atoms with Gasteiger partial charge in [0.2, 0.25) is 0 Å². The number of rotatable bonds is 0. The van der Waals surface area contributed by atoms with Gasteiger partial charge in [0.1, 0.15) is 0 Å². The Balaban J connectivity index is 0. The minimum absolute atomic E-state index is 1.50. The van der Waals surface area contributed by atoms with Gasteiger partial charge in [-0.1, -0.05) is 38.5 Å². The fourth-order valence-electron chi connectivity index (χ4n) is 1.06. The van der Waals surface area contributed by atoms with E-state index in [2.05, 4.69) is 0 Å². The third kappa shape index (κ3) is 40.6. The summed E-state index contributed by atoms with van der Waals surface area (Å²) >= 11 is 0. The van der Waals surface area contributed by atoms with E-state index in [0.29, 0.717) is 0 Å². The quantitative estimate of drug-likeness (QED) is 0.596. The maximum absolute atomic E-state index is 2.00. The fraction of sp³-hybridized carbons (Fsp3) is 1.00. The SMILES string of the molecule is C1CCCCC1.CN(C)C.CN(C)C. The average molecular weight is 202 g/mol. The molecule has 1 fully saturated rings. The summed E-state index contributed by atoms with van der Waals surface area (Å²) in [5.41, 5.74) is 0. The Morgan fingerprint density at radius 2 is 0.500 bits per heavy atom. The summed E-state index contributed by atoms with van der Waals surface area (Å²) < 4.78 is 0. The first kappa shape index (κ1) is 16.4. The van der Waals surface area contributed by atoms with Gasteiger partial charge in [0.15, 0.2) is 0 Å². The van der Waals surface area contributed by atoms with Crippen LogP contribution in [0, 0.1) is 0 Å². The zero-order valence-electron chi connectivity index (χ0n) is 11.1. The summed E-state index contributed by atoms with van der Waals surface area (Å²) in [6.07, 6.45) is 9.00. The number of hydrogen-bond acceptors (Lipinski definition) is 2. The highest BCUT2D eigenvalue weighted by Gasteiger charge is 1.95. The molecular formula is C12H30N2. The van der Waals surface area contributed by atoms with Crippen molar-refractivity contribution in [2.75, 3.05) is 42.3 Å². The van der Waals surface area contributed by atoms with Crippen molar-refractivity contribution in [2.24, 2.45) is 0 Å². The second kappa shape index (κ2) is 12.9. The van der Waals surface area contributed by atoms with Crippen molar-refractivity contribution in [1.82, 2.24) is 9.80 Å². The fourth-order valence-corrected chi connectivity index (χ4v) is 1.06. The van der Waals surface area contributed by atoms with E-state index in [4.69, 9.17) is 0 Å². The van der Waals surface area contributed by atoms with Crippen LogP contribution in [0.5, 0.6) is 0 Å². The molecule has 0 atom stereocenters. The molecule has 0 bridgehead atoms. The molecule has 1 saturated carbocycles. The lowest BCUT2D eigenvalue weighted by molar-refractivity contribution is 0.504. The summed E-state index contributed by atoms with van der Waals surface area (Å²) in [4.78, 5) is 4.00. The van der Waals surface area contributed by atoms with Crippen molar-refractivity contribution in [3.8, 4) is 0 Å². The van der Waals surface area contributed by atoms with Crippen molar-refractivity contribution in [3.63, 3.8) is 0 Å². The second-order valence-corrected chi connectivity index (χ2v) is 4.80. The van der Waals surface area contributed by atoms with E-state index in [1.807, 2.05) is 52.1 Å². The molecule has 1 aliphatic carbocycles. The molecule has 0 spiro atoms. The minimum Gasteiger partial charge on any atom is -0.312 e. The van der Waals surface area contributed by atoms with Gasteiger partial charge < -0.3 is 9.80 Å². The zero-order valence-corrected chi connectivity index (χ0v) is 11.1. The maximum atomic E-state index is 2.00. The summed E-state index contributed by atoms with van der Waals surface area (Å²) in [7, 11) is 12.0. The smallest absolute Gasteiger partial charge is 0.0140 e. The van der Waals surface area contributed by atoms with Gasteiger partial charge in [0.25, 0.3) is 0 Å². The summed E-state index contributed by atoms with van der Waals surface area (Å²) in [6, 6.07) is 0. The Kier molecular flexibility index (Phi) is 15.1. The van der Waals surface area contributed by atoms with E-state index in [-0.39, 0.29) is 0 Å². The first-order valence-electron chi connectivity index (χ1n) is 5.68. The van der Waals surface area contributed by atoms with Crippen LogP contribution in [0.4, 0.5) is 0 Å². The van der Waals surface area contributed by atoms with E-state index in [0.717, 1.165) is 0 Å². The van der Waals surface area contributed by atoms with Crippen molar-refractivity contribution in [1.29, 1.82) is 0 Å². The lowest BCUT2D eigenvalue weighted by atomic mass is 10.0. The predicted molar refractivity (Wildman–Crippen MR) is 66.9 cm³/mol. The van der Waals surface area contributed by atoms with Gasteiger partial charge in [-0.05, 0) is 42.3 Å². The monoisotopic (exact) mass is 202 g/mol. The molecule has 0 aromatic heterocycles. The molecular weight excluding hydrogens is 172 g/mol. The van der Waals surface area contributed by atoms with E-state index >= 15 is 0 Å². The van der Waals surface area contributed by atoms with Gasteiger partial charge in [-0.15, -0.1) is 0 Å². The standard InChI is InChI=1S/C6H12.2C3H9N/c1-2-4-6-5-3-1;2*1-4(2)3/h1-6H2;2*1-3H3. The normalized spacial score (nSPS) is 15.4. The highest BCUT2D eigenvalue weighted by molar-refractivity contribution is 4.51. The molecule has 0 N–H and O–H groups in total. The highest BCUT2D eigenvalue weighted by Crippen LogP contribution is 2.15. The van der Waals surface area contributed by atoms with Crippen molar-refractivity contribution < 1.29 is 0 Å². The Morgan fingerprint density at radius 1 is 0.429 bits per heavy atom. The third-order valence-electron chi connectivity index (χ3n) is 1.50. The molecule has 2 heteroatoms. The first-order valence-corrected chi connectivity index (χ1v) is 5.68. The number of nitrogens with zero attached hydrogens (tertiary/aromatic N) is 2. The molecule has 14 heavy (non-hydrogen) atoms. The van der Waals surface area contributed by atoms with Gasteiger partial charge in [-0.3, -0.25) is 0 Å². The first-order chi connectivity index (χ1) is 6.46. The van der Waals surface area contributed by atoms with Crippen LogP contribution in [0.1, 0.15) is 38.5 Å². The zero-order chi connectivity index (χ0) is 11.4. The Morgan fingerprint density at radius 3 is 0.571 bits per heavy atom. The second-order valence-electron chi connectivity index (χ2n) is 4.80. The van der Waals surface area contributed by atoms with Crippen LogP contribution in [0.15, 0.2) is 0 Å². The van der Waals surface area contributed by atoms with E-state index in [1.165, 1.54) is 38.5 Å². The van der Waals surface area contributed by atoms with Crippen molar-refractivity contribution in [3.05, 3.63) is 0 Å². The van der Waals surface area contributed by atoms with E-state index in [1.54, 1.807) is 0 Å². The average Bonchev–Trinajstić information content (AvgIpc) is 2.05. The van der Waals surface area contributed by atoms with Gasteiger partial charge in [0.05, 0.1) is 0 Å². The van der Waals surface area contributed by atoms with Crippen LogP contribution in [0.2, 0.25) is 0 Å². The molecule has 0 aromatic carbocycles. The molecule has 1 rings (SSSR count). The molecule has 0 aliphatic heterocycles.